The molecular formula is C10H5F5N4S. The summed E-state index contributed by atoms with van der Waals surface area (Å²) in [4.78, 5) is 0. The standard InChI is InChI=1S/C10H5F5N4S/c1-3-17-18-10(20)19(3)16-2-4-5(11)7(13)9(15)8(14)6(4)12/h2H,1H3,(H,18,20). The van der Waals surface area contributed by atoms with E-state index in [2.05, 4.69) is 15.3 Å². The van der Waals surface area contributed by atoms with Crippen molar-refractivity contribution < 1.29 is 22.0 Å². The van der Waals surface area contributed by atoms with Crippen LogP contribution in [0.5, 0.6) is 0 Å². The molecule has 0 spiro atoms. The molecule has 0 fully saturated rings. The molecule has 0 saturated heterocycles. The van der Waals surface area contributed by atoms with E-state index in [1.165, 1.54) is 6.92 Å². The van der Waals surface area contributed by atoms with E-state index in [0.717, 1.165) is 4.68 Å². The monoisotopic (exact) mass is 308 g/mol. The highest BCUT2D eigenvalue weighted by Crippen LogP contribution is 2.21. The van der Waals surface area contributed by atoms with Gasteiger partial charge in [0.25, 0.3) is 0 Å². The summed E-state index contributed by atoms with van der Waals surface area (Å²) in [5.74, 6) is -10.0. The van der Waals surface area contributed by atoms with Gasteiger partial charge in [0, 0.05) is 0 Å². The topological polar surface area (TPSA) is 46.0 Å². The van der Waals surface area contributed by atoms with Gasteiger partial charge in [-0.05, 0) is 19.1 Å². The lowest BCUT2D eigenvalue weighted by Crippen LogP contribution is -2.07. The molecule has 1 N–H and O–H groups in total. The molecule has 2 rings (SSSR count). The van der Waals surface area contributed by atoms with Gasteiger partial charge < -0.3 is 0 Å². The van der Waals surface area contributed by atoms with Gasteiger partial charge in [-0.1, -0.05) is 0 Å². The second-order valence-electron chi connectivity index (χ2n) is 3.62. The molecule has 1 aromatic heterocycles. The maximum absolute atomic E-state index is 13.4. The summed E-state index contributed by atoms with van der Waals surface area (Å²) < 4.78 is 66.4. The van der Waals surface area contributed by atoms with E-state index < -0.39 is 34.6 Å². The molecular weight excluding hydrogens is 303 g/mol. The molecule has 0 saturated carbocycles. The van der Waals surface area contributed by atoms with Crippen LogP contribution in [0, 0.1) is 40.8 Å². The second-order valence-corrected chi connectivity index (χ2v) is 4.00. The number of aryl methyl sites for hydroxylation is 1. The third-order valence-corrected chi connectivity index (χ3v) is 2.62. The van der Waals surface area contributed by atoms with E-state index in [4.69, 9.17) is 12.2 Å². The Morgan fingerprint density at radius 3 is 2.00 bits per heavy atom. The Bertz CT molecular complexity index is 735. The fraction of sp³-hybridized carbons (Fsp3) is 0.100. The summed E-state index contributed by atoms with van der Waals surface area (Å²) in [5.41, 5.74) is -1.16. The predicted octanol–water partition coefficient (Wildman–Crippen LogP) is 2.83. The molecule has 20 heavy (non-hydrogen) atoms. The van der Waals surface area contributed by atoms with Gasteiger partial charge in [0.05, 0.1) is 11.8 Å². The lowest BCUT2D eigenvalue weighted by molar-refractivity contribution is 0.377. The summed E-state index contributed by atoms with van der Waals surface area (Å²) in [5, 5.41) is 9.53. The highest BCUT2D eigenvalue weighted by atomic mass is 32.1. The molecule has 4 nitrogen and oxygen atoms in total. The Morgan fingerprint density at radius 2 is 1.55 bits per heavy atom. The molecule has 1 aromatic carbocycles. The third-order valence-electron chi connectivity index (χ3n) is 2.36. The maximum Gasteiger partial charge on any atom is 0.216 e. The zero-order valence-corrected chi connectivity index (χ0v) is 10.5. The quantitative estimate of drug-likeness (QED) is 0.305. The van der Waals surface area contributed by atoms with Crippen molar-refractivity contribution in [3.63, 3.8) is 0 Å². The normalized spacial score (nSPS) is 11.5. The van der Waals surface area contributed by atoms with Crippen molar-refractivity contribution >= 4 is 18.4 Å². The number of hydrogen-bond donors (Lipinski definition) is 1. The minimum Gasteiger partial charge on any atom is -0.250 e. The van der Waals surface area contributed by atoms with Crippen LogP contribution >= 0.6 is 12.2 Å². The summed E-state index contributed by atoms with van der Waals surface area (Å²) in [6.07, 6.45) is 0.481. The van der Waals surface area contributed by atoms with E-state index in [9.17, 15) is 22.0 Å². The van der Waals surface area contributed by atoms with Crippen molar-refractivity contribution in [1.82, 2.24) is 14.9 Å². The molecule has 0 amide bonds. The first kappa shape index (κ1) is 14.3. The molecule has 0 unspecified atom stereocenters. The Labute approximate surface area is 113 Å². The van der Waals surface area contributed by atoms with Gasteiger partial charge in [-0.2, -0.15) is 14.9 Å². The number of benzene rings is 1. The minimum absolute atomic E-state index is 0.00243. The number of halogens is 5. The van der Waals surface area contributed by atoms with Crippen LogP contribution in [-0.2, 0) is 0 Å². The first-order valence-electron chi connectivity index (χ1n) is 5.04. The number of nitrogens with one attached hydrogen (secondary N) is 1. The van der Waals surface area contributed by atoms with Gasteiger partial charge in [-0.3, -0.25) is 5.10 Å². The largest absolute Gasteiger partial charge is 0.250 e. The molecule has 0 aliphatic rings. The number of H-pyrrole nitrogens is 1. The number of aromatic amines is 1. The number of hydrogen-bond acceptors (Lipinski definition) is 3. The van der Waals surface area contributed by atoms with Crippen LogP contribution in [0.15, 0.2) is 5.10 Å². The van der Waals surface area contributed by atoms with Crippen LogP contribution in [-0.4, -0.2) is 21.1 Å². The Morgan fingerprint density at radius 1 is 1.05 bits per heavy atom. The smallest absolute Gasteiger partial charge is 0.216 e. The Kier molecular flexibility index (Phi) is 3.66. The van der Waals surface area contributed by atoms with Crippen molar-refractivity contribution in [2.45, 2.75) is 6.92 Å². The zero-order valence-electron chi connectivity index (χ0n) is 9.72. The van der Waals surface area contributed by atoms with Crippen LogP contribution in [0.25, 0.3) is 0 Å². The van der Waals surface area contributed by atoms with Crippen LogP contribution < -0.4 is 0 Å². The average Bonchev–Trinajstić information content (AvgIpc) is 2.74. The number of aromatic nitrogens is 3. The van der Waals surface area contributed by atoms with E-state index in [1.54, 1.807) is 0 Å². The van der Waals surface area contributed by atoms with Crippen LogP contribution in [0.4, 0.5) is 22.0 Å². The second kappa shape index (κ2) is 5.12. The Hall–Kier alpha value is -2.10. The van der Waals surface area contributed by atoms with E-state index in [-0.39, 0.29) is 10.6 Å². The SMILES string of the molecule is Cc1n[nH]c(=S)n1N=Cc1c(F)c(F)c(F)c(F)c1F. The van der Waals surface area contributed by atoms with Gasteiger partial charge in [-0.25, -0.2) is 22.0 Å². The van der Waals surface area contributed by atoms with Gasteiger partial charge in [0.15, 0.2) is 23.3 Å². The van der Waals surface area contributed by atoms with Gasteiger partial charge in [0.1, 0.15) is 5.82 Å². The van der Waals surface area contributed by atoms with E-state index in [0.29, 0.717) is 6.21 Å². The van der Waals surface area contributed by atoms with Crippen LogP contribution in [0.2, 0.25) is 0 Å². The van der Waals surface area contributed by atoms with Crippen LogP contribution in [0.1, 0.15) is 11.4 Å². The summed E-state index contributed by atoms with van der Waals surface area (Å²) in [7, 11) is 0. The minimum atomic E-state index is -2.23. The van der Waals surface area contributed by atoms with Gasteiger partial charge >= 0.3 is 0 Å². The number of nitrogens with zero attached hydrogens (tertiary/aromatic N) is 3. The fourth-order valence-corrected chi connectivity index (χ4v) is 1.58. The predicted molar refractivity (Wildman–Crippen MR) is 61.4 cm³/mol. The van der Waals surface area contributed by atoms with E-state index in [1.807, 2.05) is 0 Å². The maximum atomic E-state index is 13.4. The average molecular weight is 308 g/mol. The lowest BCUT2D eigenvalue weighted by atomic mass is 10.2. The summed E-state index contributed by atoms with van der Waals surface area (Å²) >= 11 is 4.76. The zero-order chi connectivity index (χ0) is 15.0. The molecule has 1 heterocycles. The van der Waals surface area contributed by atoms with Crippen molar-refractivity contribution in [2.75, 3.05) is 0 Å². The van der Waals surface area contributed by atoms with Crippen molar-refractivity contribution in [3.8, 4) is 0 Å². The molecule has 2 aromatic rings. The van der Waals surface area contributed by atoms with Crippen molar-refractivity contribution in [1.29, 1.82) is 0 Å². The van der Waals surface area contributed by atoms with Crippen molar-refractivity contribution in [3.05, 3.63) is 45.2 Å². The molecule has 0 bridgehead atoms. The third kappa shape index (κ3) is 2.22. The molecule has 106 valence electrons. The molecule has 0 radical (unpaired) electrons. The fourth-order valence-electron chi connectivity index (χ4n) is 1.36. The van der Waals surface area contributed by atoms with Crippen molar-refractivity contribution in [2.24, 2.45) is 5.10 Å². The number of rotatable bonds is 2. The molecule has 10 heteroatoms. The summed E-state index contributed by atoms with van der Waals surface area (Å²) in [6, 6.07) is 0. The lowest BCUT2D eigenvalue weighted by Gasteiger charge is -2.03. The first-order chi connectivity index (χ1) is 9.34. The molecule has 0 atom stereocenters. The Balaban J connectivity index is 2.58. The van der Waals surface area contributed by atoms with Crippen LogP contribution in [0.3, 0.4) is 0 Å². The van der Waals surface area contributed by atoms with Gasteiger partial charge in [0.2, 0.25) is 10.6 Å². The summed E-state index contributed by atoms with van der Waals surface area (Å²) in [6.45, 7) is 1.47. The van der Waals surface area contributed by atoms with Gasteiger partial charge in [-0.15, -0.1) is 0 Å². The highest BCUT2D eigenvalue weighted by Gasteiger charge is 2.24. The molecule has 0 aliphatic carbocycles. The van der Waals surface area contributed by atoms with E-state index >= 15 is 0 Å². The molecule has 0 aliphatic heterocycles. The first-order valence-corrected chi connectivity index (χ1v) is 5.45. The highest BCUT2D eigenvalue weighted by molar-refractivity contribution is 7.71.